The number of imidazole rings is 1. The Morgan fingerprint density at radius 2 is 1.91 bits per heavy atom. The van der Waals surface area contributed by atoms with E-state index in [1.807, 2.05) is 42.0 Å². The van der Waals surface area contributed by atoms with Crippen molar-refractivity contribution in [3.63, 3.8) is 0 Å². The van der Waals surface area contributed by atoms with Crippen molar-refractivity contribution in [1.29, 1.82) is 0 Å². The van der Waals surface area contributed by atoms with Crippen molar-refractivity contribution >= 4 is 12.2 Å². The fourth-order valence-corrected chi connectivity index (χ4v) is 3.84. The average Bonchev–Trinajstić information content (AvgIpc) is 3.46. The Labute approximate surface area is 193 Å². The maximum Gasteiger partial charge on any atom is 0.194 e. The van der Waals surface area contributed by atoms with Gasteiger partial charge in [-0.3, -0.25) is 0 Å². The van der Waals surface area contributed by atoms with Crippen LogP contribution in [0.1, 0.15) is 34.6 Å². The lowest BCUT2D eigenvalue weighted by molar-refractivity contribution is 0.0385. The van der Waals surface area contributed by atoms with Crippen LogP contribution in [0.25, 0.3) is 17.8 Å². The molecule has 0 N–H and O–H groups in total. The molecule has 2 aromatic heterocycles. The van der Waals surface area contributed by atoms with Gasteiger partial charge in [0.1, 0.15) is 11.9 Å². The highest BCUT2D eigenvalue weighted by molar-refractivity contribution is 5.69. The quantitative estimate of drug-likeness (QED) is 0.405. The molecule has 0 spiro atoms. The highest BCUT2D eigenvalue weighted by atomic mass is 19.2. The van der Waals surface area contributed by atoms with Crippen LogP contribution in [0, 0.1) is 24.4 Å². The van der Waals surface area contributed by atoms with Gasteiger partial charge in [-0.1, -0.05) is 12.1 Å². The van der Waals surface area contributed by atoms with Gasteiger partial charge in [0.25, 0.3) is 0 Å². The van der Waals surface area contributed by atoms with Gasteiger partial charge < -0.3 is 14.0 Å². The summed E-state index contributed by atoms with van der Waals surface area (Å²) < 4.78 is 55.6. The summed E-state index contributed by atoms with van der Waals surface area (Å²) in [7, 11) is 1.60. The Balaban J connectivity index is 1.42. The average molecular weight is 467 g/mol. The number of aromatic nitrogens is 5. The van der Waals surface area contributed by atoms with Crippen LogP contribution in [0.15, 0.2) is 42.9 Å². The van der Waals surface area contributed by atoms with Gasteiger partial charge in [0, 0.05) is 6.20 Å². The molecule has 1 unspecified atom stereocenters. The van der Waals surface area contributed by atoms with E-state index in [4.69, 9.17) is 9.47 Å². The predicted molar refractivity (Wildman–Crippen MR) is 118 cm³/mol. The first kappa shape index (κ1) is 21.9. The fourth-order valence-electron chi connectivity index (χ4n) is 3.84. The number of aryl methyl sites for hydroxylation is 1. The molecular formula is C24H20F3N5O2. The Kier molecular flexibility index (Phi) is 5.66. The van der Waals surface area contributed by atoms with Gasteiger partial charge in [-0.15, -0.1) is 0 Å². The molecule has 1 aliphatic rings. The fraction of sp³-hybridized carbons (Fsp3) is 0.208. The van der Waals surface area contributed by atoms with Crippen LogP contribution in [0.3, 0.4) is 0 Å². The van der Waals surface area contributed by atoms with Crippen LogP contribution in [-0.4, -0.2) is 38.0 Å². The van der Waals surface area contributed by atoms with Crippen molar-refractivity contribution in [2.75, 3.05) is 13.7 Å². The summed E-state index contributed by atoms with van der Waals surface area (Å²) in [4.78, 5) is 8.72. The molecule has 34 heavy (non-hydrogen) atoms. The van der Waals surface area contributed by atoms with E-state index >= 15 is 0 Å². The zero-order chi connectivity index (χ0) is 23.8. The van der Waals surface area contributed by atoms with Crippen molar-refractivity contribution < 1.29 is 22.6 Å². The van der Waals surface area contributed by atoms with E-state index in [-0.39, 0.29) is 12.2 Å². The molecule has 1 aliphatic heterocycles. The van der Waals surface area contributed by atoms with Gasteiger partial charge in [-0.25, -0.2) is 27.8 Å². The molecule has 2 aromatic carbocycles. The minimum absolute atomic E-state index is 0.135. The van der Waals surface area contributed by atoms with E-state index in [1.54, 1.807) is 24.2 Å². The SMILES string of the molecule is COc1cc(C=Cc2nc3n(n2)CCOC3c2cc(F)c(F)c(F)c2)ccc1-n1cnc(C)c1. The number of ether oxygens (including phenoxy) is 2. The van der Waals surface area contributed by atoms with Crippen LogP contribution < -0.4 is 4.74 Å². The normalized spacial score (nSPS) is 15.6. The van der Waals surface area contributed by atoms with E-state index in [1.165, 1.54) is 0 Å². The molecule has 7 nitrogen and oxygen atoms in total. The van der Waals surface area contributed by atoms with Gasteiger partial charge >= 0.3 is 0 Å². The van der Waals surface area contributed by atoms with Gasteiger partial charge in [-0.05, 0) is 48.4 Å². The van der Waals surface area contributed by atoms with E-state index in [0.29, 0.717) is 23.9 Å². The molecule has 10 heteroatoms. The maximum atomic E-state index is 13.7. The lowest BCUT2D eigenvalue weighted by atomic mass is 10.1. The maximum absolute atomic E-state index is 13.7. The van der Waals surface area contributed by atoms with Gasteiger partial charge in [0.05, 0.1) is 38.0 Å². The number of hydrogen-bond donors (Lipinski definition) is 0. The lowest BCUT2D eigenvalue weighted by Gasteiger charge is -2.23. The first-order valence-corrected chi connectivity index (χ1v) is 10.5. The Morgan fingerprint density at radius 3 is 2.62 bits per heavy atom. The number of methoxy groups -OCH3 is 1. The number of fused-ring (bicyclic) bond motifs is 1. The van der Waals surface area contributed by atoms with Crippen molar-refractivity contribution in [2.24, 2.45) is 0 Å². The highest BCUT2D eigenvalue weighted by Gasteiger charge is 2.28. The molecule has 3 heterocycles. The van der Waals surface area contributed by atoms with Crippen molar-refractivity contribution in [2.45, 2.75) is 19.6 Å². The van der Waals surface area contributed by atoms with Crippen LogP contribution >= 0.6 is 0 Å². The summed E-state index contributed by atoms with van der Waals surface area (Å²) in [5, 5.41) is 4.45. The molecule has 4 aromatic rings. The lowest BCUT2D eigenvalue weighted by Crippen LogP contribution is -2.24. The van der Waals surface area contributed by atoms with Crippen molar-refractivity contribution in [1.82, 2.24) is 24.3 Å². The van der Waals surface area contributed by atoms with Gasteiger partial charge in [-0.2, -0.15) is 5.10 Å². The first-order valence-electron chi connectivity index (χ1n) is 10.5. The molecule has 5 rings (SSSR count). The molecule has 0 saturated heterocycles. The summed E-state index contributed by atoms with van der Waals surface area (Å²) in [6.07, 6.45) is 6.33. The molecule has 1 atom stereocenters. The number of nitrogens with zero attached hydrogens (tertiary/aromatic N) is 5. The topological polar surface area (TPSA) is 67.0 Å². The zero-order valence-electron chi connectivity index (χ0n) is 18.4. The van der Waals surface area contributed by atoms with Crippen LogP contribution in [0.5, 0.6) is 5.75 Å². The molecule has 0 bridgehead atoms. The van der Waals surface area contributed by atoms with Crippen molar-refractivity contribution in [3.8, 4) is 11.4 Å². The summed E-state index contributed by atoms with van der Waals surface area (Å²) in [5.74, 6) is -2.61. The number of rotatable bonds is 5. The Hall–Kier alpha value is -3.92. The standard InChI is InChI=1S/C24H20F3N5O2/c1-14-12-31(13-28-14)19-5-3-15(9-20(19)33-2)4-6-21-29-24-23(34-8-7-32(24)30-21)16-10-17(25)22(27)18(26)11-16/h3-6,9-13,23H,7-8H2,1-2H3. The molecular weight excluding hydrogens is 447 g/mol. The van der Waals surface area contributed by atoms with E-state index in [2.05, 4.69) is 15.1 Å². The summed E-state index contributed by atoms with van der Waals surface area (Å²) in [6, 6.07) is 7.56. The van der Waals surface area contributed by atoms with E-state index < -0.39 is 23.6 Å². The second-order valence-electron chi connectivity index (χ2n) is 7.79. The van der Waals surface area contributed by atoms with Crippen LogP contribution in [-0.2, 0) is 11.3 Å². The minimum Gasteiger partial charge on any atom is -0.495 e. The Morgan fingerprint density at radius 1 is 1.12 bits per heavy atom. The molecule has 0 saturated carbocycles. The molecule has 0 amide bonds. The number of benzene rings is 2. The molecule has 0 aliphatic carbocycles. The second kappa shape index (κ2) is 8.79. The minimum atomic E-state index is -1.52. The van der Waals surface area contributed by atoms with E-state index in [9.17, 15) is 13.2 Å². The largest absolute Gasteiger partial charge is 0.495 e. The number of hydrogen-bond acceptors (Lipinski definition) is 5. The van der Waals surface area contributed by atoms with Crippen LogP contribution in [0.2, 0.25) is 0 Å². The molecule has 174 valence electrons. The van der Waals surface area contributed by atoms with Crippen molar-refractivity contribution in [3.05, 3.63) is 88.8 Å². The predicted octanol–water partition coefficient (Wildman–Crippen LogP) is 4.49. The molecule has 0 radical (unpaired) electrons. The summed E-state index contributed by atoms with van der Waals surface area (Å²) in [6.45, 7) is 2.62. The van der Waals surface area contributed by atoms with Crippen LogP contribution in [0.4, 0.5) is 13.2 Å². The first-order chi connectivity index (χ1) is 16.4. The third kappa shape index (κ3) is 4.08. The smallest absolute Gasteiger partial charge is 0.194 e. The summed E-state index contributed by atoms with van der Waals surface area (Å²) >= 11 is 0. The Bertz CT molecular complexity index is 1370. The summed E-state index contributed by atoms with van der Waals surface area (Å²) in [5.41, 5.74) is 2.75. The zero-order valence-corrected chi connectivity index (χ0v) is 18.4. The monoisotopic (exact) mass is 467 g/mol. The third-order valence-corrected chi connectivity index (χ3v) is 5.47. The highest BCUT2D eigenvalue weighted by Crippen LogP contribution is 2.30. The number of halogens is 3. The van der Waals surface area contributed by atoms with E-state index in [0.717, 1.165) is 29.1 Å². The van der Waals surface area contributed by atoms with Gasteiger partial charge in [0.2, 0.25) is 0 Å². The molecule has 0 fully saturated rings. The third-order valence-electron chi connectivity index (χ3n) is 5.47. The second-order valence-corrected chi connectivity index (χ2v) is 7.79. The van der Waals surface area contributed by atoms with Gasteiger partial charge in [0.15, 0.2) is 29.1 Å².